The molecule has 0 amide bonds. The maximum atomic E-state index is 3.15. The van der Waals surface area contributed by atoms with E-state index < -0.39 is 0 Å². The molecule has 4 heteroatoms. The molecule has 0 saturated carbocycles. The Balaban J connectivity index is 2.59. The first-order chi connectivity index (χ1) is 4.79. The Morgan fingerprint density at radius 2 is 1.70 bits per heavy atom. The first-order valence-corrected chi connectivity index (χ1v) is 4.14. The number of nitrogens with one attached hydrogen (secondary N) is 1. The zero-order chi connectivity index (χ0) is 7.40. The van der Waals surface area contributed by atoms with Gasteiger partial charge in [-0.2, -0.15) is 0 Å². The first-order valence-electron chi connectivity index (χ1n) is 2.72. The van der Waals surface area contributed by atoms with Crippen molar-refractivity contribution < 1.29 is 0 Å². The summed E-state index contributed by atoms with van der Waals surface area (Å²) in [5.41, 5.74) is 4.00. The van der Waals surface area contributed by atoms with E-state index in [-0.39, 0.29) is 0 Å². The number of benzene rings is 1. The van der Waals surface area contributed by atoms with E-state index in [4.69, 9.17) is 0 Å². The lowest BCUT2D eigenvalue weighted by atomic mass is 10.3. The van der Waals surface area contributed by atoms with Crippen molar-refractivity contribution in [3.8, 4) is 0 Å². The number of anilines is 1. The van der Waals surface area contributed by atoms with Crippen LogP contribution in [0.3, 0.4) is 0 Å². The second-order valence-electron chi connectivity index (χ2n) is 1.71. The summed E-state index contributed by atoms with van der Waals surface area (Å²) in [5.74, 6) is 0. The molecule has 54 valence electrons. The Morgan fingerprint density at radius 3 is 2.20 bits per heavy atom. The Kier molecular flexibility index (Phi) is 3.18. The molecular weight excluding hydrogens is 260 g/mol. The molecule has 1 aromatic carbocycles. The van der Waals surface area contributed by atoms with Crippen LogP contribution in [-0.4, -0.2) is 3.06 Å². The van der Waals surface area contributed by atoms with Gasteiger partial charge in [-0.05, 0) is 12.1 Å². The average molecular weight is 266 g/mol. The van der Waals surface area contributed by atoms with Gasteiger partial charge in [-0.3, -0.25) is 5.43 Å². The average Bonchev–Trinajstić information content (AvgIpc) is 1.88. The third-order valence-electron chi connectivity index (χ3n) is 0.987. The topological polar surface area (TPSA) is 15.3 Å². The van der Waals surface area contributed by atoms with Crippen molar-refractivity contribution in [1.82, 2.24) is 3.06 Å². The van der Waals surface area contributed by atoms with Crippen LogP contribution in [0.5, 0.6) is 0 Å². The molecule has 0 atom stereocenters. The summed E-state index contributed by atoms with van der Waals surface area (Å²) in [7, 11) is 0. The van der Waals surface area contributed by atoms with Crippen LogP contribution in [-0.2, 0) is 0 Å². The molecule has 0 unspecified atom stereocenters. The minimum atomic E-state index is 1.02. The van der Waals surface area contributed by atoms with Gasteiger partial charge >= 0.3 is 0 Å². The van der Waals surface area contributed by atoms with Gasteiger partial charge in [-0.15, -0.1) is 0 Å². The van der Waals surface area contributed by atoms with Crippen LogP contribution in [0.4, 0.5) is 5.69 Å². The van der Waals surface area contributed by atoms with Gasteiger partial charge in [0.15, 0.2) is 0 Å². The van der Waals surface area contributed by atoms with Gasteiger partial charge in [0.2, 0.25) is 0 Å². The van der Waals surface area contributed by atoms with Gasteiger partial charge < -0.3 is 0 Å². The fraction of sp³-hybridized carbons (Fsp3) is 0. The van der Waals surface area contributed by atoms with E-state index in [0.29, 0.717) is 0 Å². The number of hydrazine groups is 1. The number of nitrogens with zero attached hydrogens (tertiary/aromatic N) is 1. The van der Waals surface area contributed by atoms with Gasteiger partial charge in [0.1, 0.15) is 0 Å². The zero-order valence-electron chi connectivity index (χ0n) is 5.09. The molecule has 1 rings (SSSR count). The third kappa shape index (κ3) is 2.68. The van der Waals surface area contributed by atoms with Gasteiger partial charge in [0.25, 0.3) is 0 Å². The fourth-order valence-corrected chi connectivity index (χ4v) is 1.02. The number of hydrogen-bond acceptors (Lipinski definition) is 2. The predicted molar refractivity (Wildman–Crippen MR) is 49.8 cm³/mol. The summed E-state index contributed by atoms with van der Waals surface area (Å²) >= 11 is 6.30. The molecule has 1 N–H and O–H groups in total. The van der Waals surface area contributed by atoms with E-state index in [9.17, 15) is 0 Å². The van der Waals surface area contributed by atoms with Crippen LogP contribution in [0.15, 0.2) is 30.3 Å². The highest BCUT2D eigenvalue weighted by Crippen LogP contribution is 2.11. The maximum Gasteiger partial charge on any atom is 0.0507 e. The number of hydrogen-bond donors (Lipinski definition) is 1. The standard InChI is InChI=1S/C6H6Br2N2/c7-10(8)9-6-4-2-1-3-5-6/h1-5,9H. The van der Waals surface area contributed by atoms with Crippen molar-refractivity contribution in [2.75, 3.05) is 5.43 Å². The molecule has 1 aromatic rings. The van der Waals surface area contributed by atoms with Gasteiger partial charge in [-0.1, -0.05) is 21.3 Å². The molecule has 0 aliphatic carbocycles. The molecule has 0 saturated heterocycles. The first kappa shape index (κ1) is 8.04. The van der Waals surface area contributed by atoms with Crippen molar-refractivity contribution >= 4 is 38.0 Å². The van der Waals surface area contributed by atoms with Crippen LogP contribution in [0.25, 0.3) is 0 Å². The minimum Gasteiger partial charge on any atom is -0.299 e. The molecule has 0 spiro atoms. The number of rotatable bonds is 2. The van der Waals surface area contributed by atoms with Crippen LogP contribution in [0.2, 0.25) is 0 Å². The summed E-state index contributed by atoms with van der Waals surface area (Å²) in [4.78, 5) is 0. The van der Waals surface area contributed by atoms with Crippen LogP contribution in [0.1, 0.15) is 0 Å². The predicted octanol–water partition coefficient (Wildman–Crippen LogP) is 2.94. The van der Waals surface area contributed by atoms with Gasteiger partial charge in [-0.25, -0.2) is 0 Å². The molecular formula is C6H6Br2N2. The van der Waals surface area contributed by atoms with Gasteiger partial charge in [0.05, 0.1) is 5.69 Å². The molecule has 0 radical (unpaired) electrons. The SMILES string of the molecule is BrN(Br)Nc1ccccc1. The largest absolute Gasteiger partial charge is 0.299 e. The van der Waals surface area contributed by atoms with E-state index in [2.05, 4.69) is 37.7 Å². The summed E-state index contributed by atoms with van der Waals surface area (Å²) in [6.07, 6.45) is 0. The highest BCUT2D eigenvalue weighted by molar-refractivity contribution is 9.21. The highest BCUT2D eigenvalue weighted by atomic mass is 79.9. The van der Waals surface area contributed by atoms with E-state index in [1.54, 1.807) is 0 Å². The normalized spacial score (nSPS) is 9.90. The van der Waals surface area contributed by atoms with Crippen molar-refractivity contribution in [2.45, 2.75) is 0 Å². The van der Waals surface area contributed by atoms with E-state index >= 15 is 0 Å². The molecule has 2 nitrogen and oxygen atoms in total. The Hall–Kier alpha value is -0.0600. The summed E-state index contributed by atoms with van der Waals surface area (Å²) in [6, 6.07) is 9.83. The zero-order valence-corrected chi connectivity index (χ0v) is 8.26. The van der Waals surface area contributed by atoms with E-state index in [1.807, 2.05) is 30.3 Å². The Labute approximate surface area is 76.9 Å². The van der Waals surface area contributed by atoms with Crippen LogP contribution in [0, 0.1) is 0 Å². The van der Waals surface area contributed by atoms with Crippen molar-refractivity contribution in [2.24, 2.45) is 0 Å². The van der Waals surface area contributed by atoms with E-state index in [1.165, 1.54) is 3.06 Å². The summed E-state index contributed by atoms with van der Waals surface area (Å²) < 4.78 is 1.54. The maximum absolute atomic E-state index is 3.15. The smallest absolute Gasteiger partial charge is 0.0507 e. The molecule has 0 bridgehead atoms. The lowest BCUT2D eigenvalue weighted by Gasteiger charge is -2.07. The van der Waals surface area contributed by atoms with Crippen molar-refractivity contribution in [3.63, 3.8) is 0 Å². The van der Waals surface area contributed by atoms with Crippen molar-refractivity contribution in [3.05, 3.63) is 30.3 Å². The second-order valence-corrected chi connectivity index (χ2v) is 4.08. The quantitative estimate of drug-likeness (QED) is 0.654. The minimum absolute atomic E-state index is 1.02. The lowest BCUT2D eigenvalue weighted by molar-refractivity contribution is 0.971. The molecule has 10 heavy (non-hydrogen) atoms. The van der Waals surface area contributed by atoms with Crippen LogP contribution < -0.4 is 5.43 Å². The summed E-state index contributed by atoms with van der Waals surface area (Å²) in [5, 5.41) is 0. The number of para-hydroxylation sites is 1. The Morgan fingerprint density at radius 1 is 1.10 bits per heavy atom. The molecule has 0 aliphatic heterocycles. The van der Waals surface area contributed by atoms with E-state index in [0.717, 1.165) is 5.69 Å². The second kappa shape index (κ2) is 3.95. The van der Waals surface area contributed by atoms with Crippen molar-refractivity contribution in [1.29, 1.82) is 0 Å². The molecule has 0 heterocycles. The molecule has 0 fully saturated rings. The monoisotopic (exact) mass is 264 g/mol. The molecule has 0 aliphatic rings. The highest BCUT2D eigenvalue weighted by Gasteiger charge is 1.91. The molecule has 0 aromatic heterocycles. The summed E-state index contributed by atoms with van der Waals surface area (Å²) in [6.45, 7) is 0. The third-order valence-corrected chi connectivity index (χ3v) is 1.34. The lowest BCUT2D eigenvalue weighted by Crippen LogP contribution is -2.05. The Bertz CT molecular complexity index is 188. The fourth-order valence-electron chi connectivity index (χ4n) is 0.610. The van der Waals surface area contributed by atoms with Crippen LogP contribution >= 0.6 is 32.3 Å². The number of halogens is 2. The van der Waals surface area contributed by atoms with Gasteiger partial charge in [0, 0.05) is 32.3 Å².